The lowest BCUT2D eigenvalue weighted by atomic mass is 10.4. The van der Waals surface area contributed by atoms with Crippen LogP contribution in [-0.2, 0) is 0 Å². The van der Waals surface area contributed by atoms with Gasteiger partial charge in [-0.3, -0.25) is 0 Å². The topological polar surface area (TPSA) is 38.2 Å². The summed E-state index contributed by atoms with van der Waals surface area (Å²) in [5.41, 5.74) is 0. The maximum Gasteiger partial charge on any atom is 0.218 e. The molecule has 0 spiro atoms. The first-order valence-electron chi connectivity index (χ1n) is 5.50. The zero-order valence-corrected chi connectivity index (χ0v) is 11.6. The average molecular weight is 288 g/mol. The molecule has 0 saturated carbocycles. The largest absolute Gasteiger partial charge is 0.478 e. The summed E-state index contributed by atoms with van der Waals surface area (Å²) < 4.78 is 5.41. The van der Waals surface area contributed by atoms with Crippen LogP contribution in [0.3, 0.4) is 0 Å². The van der Waals surface area contributed by atoms with E-state index in [1.165, 1.54) is 0 Å². The standard InChI is InChI=1S/C11H18BrN3O/c1-4-15(7-6-12)10-8-11(16-5-2)14-9(3)13-10/h8H,4-7H2,1-3H3. The highest BCUT2D eigenvalue weighted by Gasteiger charge is 2.08. The maximum atomic E-state index is 5.41. The second-order valence-electron chi connectivity index (χ2n) is 3.31. The highest BCUT2D eigenvalue weighted by Crippen LogP contribution is 2.17. The minimum absolute atomic E-state index is 0.625. The van der Waals surface area contributed by atoms with Gasteiger partial charge >= 0.3 is 0 Å². The Labute approximate surface area is 105 Å². The Kier molecular flexibility index (Phi) is 5.52. The monoisotopic (exact) mass is 287 g/mol. The van der Waals surface area contributed by atoms with E-state index in [2.05, 4.69) is 37.7 Å². The van der Waals surface area contributed by atoms with Gasteiger partial charge in [0, 0.05) is 24.5 Å². The number of anilines is 1. The number of ether oxygens (including phenoxy) is 1. The van der Waals surface area contributed by atoms with Crippen molar-refractivity contribution in [3.8, 4) is 5.88 Å². The van der Waals surface area contributed by atoms with Crippen molar-refractivity contribution in [2.24, 2.45) is 0 Å². The molecule has 5 heteroatoms. The Balaban J connectivity index is 2.92. The fourth-order valence-electron chi connectivity index (χ4n) is 1.45. The summed E-state index contributed by atoms with van der Waals surface area (Å²) in [6, 6.07) is 1.89. The Bertz CT molecular complexity index is 333. The Morgan fingerprint density at radius 3 is 2.69 bits per heavy atom. The van der Waals surface area contributed by atoms with E-state index in [0.29, 0.717) is 12.5 Å². The number of aromatic nitrogens is 2. The lowest BCUT2D eigenvalue weighted by Gasteiger charge is -2.21. The van der Waals surface area contributed by atoms with Crippen molar-refractivity contribution in [2.45, 2.75) is 20.8 Å². The molecule has 0 N–H and O–H groups in total. The maximum absolute atomic E-state index is 5.41. The average Bonchev–Trinajstić information content (AvgIpc) is 2.25. The molecular formula is C11H18BrN3O. The second kappa shape index (κ2) is 6.68. The third-order valence-electron chi connectivity index (χ3n) is 2.15. The Hall–Kier alpha value is -0.840. The van der Waals surface area contributed by atoms with Gasteiger partial charge in [-0.25, -0.2) is 4.98 Å². The molecule has 0 aliphatic heterocycles. The highest BCUT2D eigenvalue weighted by atomic mass is 79.9. The molecule has 0 aliphatic rings. The van der Waals surface area contributed by atoms with Gasteiger partial charge in [0.05, 0.1) is 6.61 Å². The number of nitrogens with zero attached hydrogens (tertiary/aromatic N) is 3. The molecule has 0 bridgehead atoms. The molecule has 1 aromatic rings. The number of hydrogen-bond donors (Lipinski definition) is 0. The summed E-state index contributed by atoms with van der Waals surface area (Å²) in [7, 11) is 0. The molecule has 1 rings (SSSR count). The van der Waals surface area contributed by atoms with Gasteiger partial charge in [-0.05, 0) is 20.8 Å². The summed E-state index contributed by atoms with van der Waals surface area (Å²) in [5.74, 6) is 2.32. The summed E-state index contributed by atoms with van der Waals surface area (Å²) in [6.45, 7) is 8.42. The van der Waals surface area contributed by atoms with E-state index < -0.39 is 0 Å². The van der Waals surface area contributed by atoms with Gasteiger partial charge in [0.1, 0.15) is 11.6 Å². The molecule has 1 aromatic heterocycles. The third kappa shape index (κ3) is 3.63. The van der Waals surface area contributed by atoms with Crippen LogP contribution >= 0.6 is 15.9 Å². The molecule has 0 saturated heterocycles. The molecule has 1 heterocycles. The second-order valence-corrected chi connectivity index (χ2v) is 4.11. The van der Waals surface area contributed by atoms with Crippen LogP contribution < -0.4 is 9.64 Å². The number of halogens is 1. The Morgan fingerprint density at radius 1 is 1.38 bits per heavy atom. The van der Waals surface area contributed by atoms with Crippen molar-refractivity contribution in [1.82, 2.24) is 9.97 Å². The quantitative estimate of drug-likeness (QED) is 0.753. The van der Waals surface area contributed by atoms with Crippen LogP contribution in [0, 0.1) is 6.92 Å². The summed E-state index contributed by atoms with van der Waals surface area (Å²) in [5, 5.41) is 0.924. The molecule has 0 fully saturated rings. The normalized spacial score (nSPS) is 10.2. The van der Waals surface area contributed by atoms with Crippen LogP contribution in [0.15, 0.2) is 6.07 Å². The molecule has 0 radical (unpaired) electrons. The lowest BCUT2D eigenvalue weighted by molar-refractivity contribution is 0.325. The van der Waals surface area contributed by atoms with Crippen LogP contribution in [0.4, 0.5) is 5.82 Å². The number of alkyl halides is 1. The molecule has 0 amide bonds. The Morgan fingerprint density at radius 2 is 2.12 bits per heavy atom. The first kappa shape index (κ1) is 13.2. The van der Waals surface area contributed by atoms with Gasteiger partial charge in [-0.1, -0.05) is 15.9 Å². The van der Waals surface area contributed by atoms with Crippen molar-refractivity contribution in [3.63, 3.8) is 0 Å². The molecular weight excluding hydrogens is 270 g/mol. The minimum Gasteiger partial charge on any atom is -0.478 e. The number of rotatable bonds is 6. The fraction of sp³-hybridized carbons (Fsp3) is 0.636. The van der Waals surface area contributed by atoms with E-state index in [9.17, 15) is 0 Å². The van der Waals surface area contributed by atoms with Crippen LogP contribution in [0.1, 0.15) is 19.7 Å². The molecule has 90 valence electrons. The predicted molar refractivity (Wildman–Crippen MR) is 69.6 cm³/mol. The first-order valence-corrected chi connectivity index (χ1v) is 6.62. The summed E-state index contributed by atoms with van der Waals surface area (Å²) in [6.07, 6.45) is 0. The van der Waals surface area contributed by atoms with E-state index in [0.717, 1.165) is 30.1 Å². The molecule has 16 heavy (non-hydrogen) atoms. The lowest BCUT2D eigenvalue weighted by Crippen LogP contribution is -2.26. The van der Waals surface area contributed by atoms with Crippen molar-refractivity contribution >= 4 is 21.7 Å². The van der Waals surface area contributed by atoms with Gasteiger partial charge in [0.25, 0.3) is 0 Å². The zero-order chi connectivity index (χ0) is 12.0. The smallest absolute Gasteiger partial charge is 0.218 e. The molecule has 4 nitrogen and oxygen atoms in total. The van der Waals surface area contributed by atoms with E-state index in [1.807, 2.05) is 19.9 Å². The molecule has 0 unspecified atom stereocenters. The fourth-order valence-corrected chi connectivity index (χ4v) is 1.87. The number of hydrogen-bond acceptors (Lipinski definition) is 4. The highest BCUT2D eigenvalue weighted by molar-refractivity contribution is 9.09. The molecule has 0 aliphatic carbocycles. The number of aryl methyl sites for hydroxylation is 1. The van der Waals surface area contributed by atoms with Crippen molar-refractivity contribution in [2.75, 3.05) is 29.9 Å². The first-order chi connectivity index (χ1) is 7.71. The van der Waals surface area contributed by atoms with Crippen molar-refractivity contribution in [1.29, 1.82) is 0 Å². The van der Waals surface area contributed by atoms with Crippen molar-refractivity contribution in [3.05, 3.63) is 11.9 Å². The van der Waals surface area contributed by atoms with E-state index >= 15 is 0 Å². The summed E-state index contributed by atoms with van der Waals surface area (Å²) >= 11 is 3.44. The van der Waals surface area contributed by atoms with Crippen molar-refractivity contribution < 1.29 is 4.74 Å². The van der Waals surface area contributed by atoms with Gasteiger partial charge in [-0.15, -0.1) is 0 Å². The minimum atomic E-state index is 0.625. The van der Waals surface area contributed by atoms with Crippen LogP contribution in [0.5, 0.6) is 5.88 Å². The van der Waals surface area contributed by atoms with Gasteiger partial charge in [0.2, 0.25) is 5.88 Å². The SMILES string of the molecule is CCOc1cc(N(CC)CCBr)nc(C)n1. The van der Waals surface area contributed by atoms with Crippen LogP contribution in [0.2, 0.25) is 0 Å². The third-order valence-corrected chi connectivity index (χ3v) is 2.51. The zero-order valence-electron chi connectivity index (χ0n) is 10.0. The van der Waals surface area contributed by atoms with Crippen LogP contribution in [-0.4, -0.2) is 35.0 Å². The van der Waals surface area contributed by atoms with Gasteiger partial charge in [-0.2, -0.15) is 4.98 Å². The summed E-state index contributed by atoms with van der Waals surface area (Å²) in [4.78, 5) is 10.8. The van der Waals surface area contributed by atoms with E-state index in [1.54, 1.807) is 0 Å². The van der Waals surface area contributed by atoms with Gasteiger partial charge in [0.15, 0.2) is 0 Å². The predicted octanol–water partition coefficient (Wildman–Crippen LogP) is 2.40. The van der Waals surface area contributed by atoms with Gasteiger partial charge < -0.3 is 9.64 Å². The van der Waals surface area contributed by atoms with E-state index in [4.69, 9.17) is 4.74 Å². The molecule has 0 aromatic carbocycles. The molecule has 0 atom stereocenters. The van der Waals surface area contributed by atoms with Crippen LogP contribution in [0.25, 0.3) is 0 Å². The van der Waals surface area contributed by atoms with E-state index in [-0.39, 0.29) is 0 Å².